The van der Waals surface area contributed by atoms with Crippen LogP contribution in [0.2, 0.25) is 10.0 Å². The number of rotatable bonds is 7. The van der Waals surface area contributed by atoms with Crippen molar-refractivity contribution in [3.05, 3.63) is 33.8 Å². The molecule has 1 aliphatic rings. The van der Waals surface area contributed by atoms with Crippen LogP contribution in [0.4, 0.5) is 0 Å². The fraction of sp³-hybridized carbons (Fsp3) is 0.467. The van der Waals surface area contributed by atoms with Gasteiger partial charge in [0.25, 0.3) is 0 Å². The van der Waals surface area contributed by atoms with Crippen LogP contribution in [0, 0.1) is 0 Å². The monoisotopic (exact) mass is 343 g/mol. The van der Waals surface area contributed by atoms with Gasteiger partial charge in [-0.1, -0.05) is 29.3 Å². The van der Waals surface area contributed by atoms with Gasteiger partial charge in [-0.05, 0) is 37.6 Å². The lowest BCUT2D eigenvalue weighted by atomic mass is 10.2. The average molecular weight is 344 g/mol. The van der Waals surface area contributed by atoms with E-state index in [9.17, 15) is 9.59 Å². The Labute approximate surface area is 139 Å². The van der Waals surface area contributed by atoms with Crippen molar-refractivity contribution in [2.24, 2.45) is 0 Å². The Balaban J connectivity index is 1.71. The lowest BCUT2D eigenvalue weighted by Crippen LogP contribution is -2.41. The van der Waals surface area contributed by atoms with E-state index in [1.54, 1.807) is 30.1 Å². The van der Waals surface area contributed by atoms with Crippen LogP contribution in [0.1, 0.15) is 18.4 Å². The summed E-state index contributed by atoms with van der Waals surface area (Å²) in [6, 6.07) is 5.47. The van der Waals surface area contributed by atoms with E-state index in [4.69, 9.17) is 23.2 Å². The largest absolute Gasteiger partial charge is 0.352 e. The van der Waals surface area contributed by atoms with Gasteiger partial charge in [0.2, 0.25) is 11.8 Å². The molecule has 1 fully saturated rings. The molecule has 1 saturated carbocycles. The Hall–Kier alpha value is -1.30. The summed E-state index contributed by atoms with van der Waals surface area (Å²) in [7, 11) is 1.74. The van der Waals surface area contributed by atoms with Crippen LogP contribution in [0.3, 0.4) is 0 Å². The SMILES string of the molecule is CN(CC(=O)NCc1ccc(Cl)cc1Cl)CC(=O)NC1CC1. The van der Waals surface area contributed by atoms with Gasteiger partial charge >= 0.3 is 0 Å². The zero-order valence-corrected chi connectivity index (χ0v) is 13.9. The predicted molar refractivity (Wildman–Crippen MR) is 87.0 cm³/mol. The number of amides is 2. The van der Waals surface area contributed by atoms with Gasteiger partial charge in [-0.25, -0.2) is 0 Å². The highest BCUT2D eigenvalue weighted by Gasteiger charge is 2.23. The van der Waals surface area contributed by atoms with Gasteiger partial charge in [-0.15, -0.1) is 0 Å². The smallest absolute Gasteiger partial charge is 0.234 e. The Morgan fingerprint density at radius 3 is 2.55 bits per heavy atom. The molecule has 0 aliphatic heterocycles. The highest BCUT2D eigenvalue weighted by molar-refractivity contribution is 6.35. The lowest BCUT2D eigenvalue weighted by Gasteiger charge is -2.16. The summed E-state index contributed by atoms with van der Waals surface area (Å²) in [5, 5.41) is 6.74. The van der Waals surface area contributed by atoms with E-state index in [0.29, 0.717) is 22.6 Å². The number of hydrogen-bond acceptors (Lipinski definition) is 3. The molecule has 0 atom stereocenters. The van der Waals surface area contributed by atoms with Gasteiger partial charge in [-0.3, -0.25) is 14.5 Å². The summed E-state index contributed by atoms with van der Waals surface area (Å²) in [4.78, 5) is 25.2. The van der Waals surface area contributed by atoms with Gasteiger partial charge in [0, 0.05) is 22.6 Å². The summed E-state index contributed by atoms with van der Waals surface area (Å²) in [6.07, 6.45) is 2.11. The Morgan fingerprint density at radius 2 is 1.91 bits per heavy atom. The molecule has 2 N–H and O–H groups in total. The van der Waals surface area contributed by atoms with Gasteiger partial charge in [0.15, 0.2) is 0 Å². The van der Waals surface area contributed by atoms with Crippen LogP contribution < -0.4 is 10.6 Å². The molecule has 0 heterocycles. The number of likely N-dealkylation sites (N-methyl/N-ethyl adjacent to an activating group) is 1. The predicted octanol–water partition coefficient (Wildman–Crippen LogP) is 1.82. The molecule has 1 aromatic rings. The zero-order chi connectivity index (χ0) is 16.1. The van der Waals surface area contributed by atoms with Crippen molar-refractivity contribution in [2.45, 2.75) is 25.4 Å². The second kappa shape index (κ2) is 7.81. The second-order valence-electron chi connectivity index (χ2n) is 5.53. The van der Waals surface area contributed by atoms with Gasteiger partial charge < -0.3 is 10.6 Å². The molecule has 2 rings (SSSR count). The van der Waals surface area contributed by atoms with E-state index in [2.05, 4.69) is 10.6 Å². The fourth-order valence-electron chi connectivity index (χ4n) is 1.96. The first-order valence-electron chi connectivity index (χ1n) is 7.12. The Morgan fingerprint density at radius 1 is 1.23 bits per heavy atom. The highest BCUT2D eigenvalue weighted by atomic mass is 35.5. The van der Waals surface area contributed by atoms with Gasteiger partial charge in [-0.2, -0.15) is 0 Å². The maximum Gasteiger partial charge on any atom is 0.234 e. The van der Waals surface area contributed by atoms with Crippen molar-refractivity contribution in [2.75, 3.05) is 20.1 Å². The van der Waals surface area contributed by atoms with Gasteiger partial charge in [0.1, 0.15) is 0 Å². The number of halogens is 2. The number of nitrogens with zero attached hydrogens (tertiary/aromatic N) is 1. The number of carbonyl (C=O) groups is 2. The summed E-state index contributed by atoms with van der Waals surface area (Å²) < 4.78 is 0. The lowest BCUT2D eigenvalue weighted by molar-refractivity contribution is -0.124. The van der Waals surface area contributed by atoms with E-state index >= 15 is 0 Å². The minimum Gasteiger partial charge on any atom is -0.352 e. The molecule has 0 unspecified atom stereocenters. The number of carbonyl (C=O) groups excluding carboxylic acids is 2. The first-order chi connectivity index (χ1) is 10.4. The van der Waals surface area contributed by atoms with Crippen LogP contribution >= 0.6 is 23.2 Å². The molecule has 1 aliphatic carbocycles. The molecular formula is C15H19Cl2N3O2. The Kier molecular flexibility index (Phi) is 6.06. The number of benzene rings is 1. The third kappa shape index (κ3) is 5.83. The van der Waals surface area contributed by atoms with E-state index in [1.807, 2.05) is 0 Å². The van der Waals surface area contributed by atoms with Crippen LogP contribution in [-0.2, 0) is 16.1 Å². The highest BCUT2D eigenvalue weighted by Crippen LogP contribution is 2.20. The molecule has 1 aromatic carbocycles. The number of hydrogen-bond donors (Lipinski definition) is 2. The zero-order valence-electron chi connectivity index (χ0n) is 12.4. The minimum absolute atomic E-state index is 0.0430. The standard InChI is InChI=1S/C15H19Cl2N3O2/c1-20(9-15(22)19-12-4-5-12)8-14(21)18-7-10-2-3-11(16)6-13(10)17/h2-3,6,12H,4-5,7-9H2,1H3,(H,18,21)(H,19,22). The molecule has 2 amide bonds. The summed E-state index contributed by atoms with van der Waals surface area (Å²) >= 11 is 11.9. The maximum absolute atomic E-state index is 11.9. The minimum atomic E-state index is -0.160. The fourth-order valence-corrected chi connectivity index (χ4v) is 2.44. The normalized spacial score (nSPS) is 14.0. The third-order valence-corrected chi connectivity index (χ3v) is 3.85. The van der Waals surface area contributed by atoms with Crippen molar-refractivity contribution in [3.8, 4) is 0 Å². The topological polar surface area (TPSA) is 61.4 Å². The van der Waals surface area contributed by atoms with E-state index in [-0.39, 0.29) is 24.9 Å². The summed E-state index contributed by atoms with van der Waals surface area (Å²) in [6.45, 7) is 0.700. The summed E-state index contributed by atoms with van der Waals surface area (Å²) in [5.74, 6) is -0.203. The van der Waals surface area contributed by atoms with Crippen molar-refractivity contribution in [1.29, 1.82) is 0 Å². The Bertz CT molecular complexity index is 562. The first kappa shape index (κ1) is 17.1. The third-order valence-electron chi connectivity index (χ3n) is 3.26. The molecule has 0 saturated heterocycles. The molecule has 120 valence electrons. The van der Waals surface area contributed by atoms with Crippen LogP contribution in [-0.4, -0.2) is 42.9 Å². The van der Waals surface area contributed by atoms with Crippen LogP contribution in [0.5, 0.6) is 0 Å². The molecule has 0 radical (unpaired) electrons. The van der Waals surface area contributed by atoms with Crippen molar-refractivity contribution < 1.29 is 9.59 Å². The molecule has 0 aromatic heterocycles. The second-order valence-corrected chi connectivity index (χ2v) is 6.37. The molecule has 5 nitrogen and oxygen atoms in total. The first-order valence-corrected chi connectivity index (χ1v) is 7.88. The van der Waals surface area contributed by atoms with Crippen LogP contribution in [0.15, 0.2) is 18.2 Å². The summed E-state index contributed by atoms with van der Waals surface area (Å²) in [5.41, 5.74) is 0.800. The average Bonchev–Trinajstić information content (AvgIpc) is 3.21. The van der Waals surface area contributed by atoms with Crippen molar-refractivity contribution in [1.82, 2.24) is 15.5 Å². The van der Waals surface area contributed by atoms with Crippen molar-refractivity contribution >= 4 is 35.0 Å². The van der Waals surface area contributed by atoms with E-state index in [1.165, 1.54) is 0 Å². The van der Waals surface area contributed by atoms with E-state index in [0.717, 1.165) is 18.4 Å². The van der Waals surface area contributed by atoms with Crippen LogP contribution in [0.25, 0.3) is 0 Å². The quantitative estimate of drug-likeness (QED) is 0.793. The maximum atomic E-state index is 11.9. The molecule has 0 bridgehead atoms. The molecule has 22 heavy (non-hydrogen) atoms. The van der Waals surface area contributed by atoms with E-state index < -0.39 is 0 Å². The van der Waals surface area contributed by atoms with Crippen molar-refractivity contribution in [3.63, 3.8) is 0 Å². The molecule has 0 spiro atoms. The molecular weight excluding hydrogens is 325 g/mol. The van der Waals surface area contributed by atoms with Gasteiger partial charge in [0.05, 0.1) is 13.1 Å². The molecule has 7 heteroatoms. The number of nitrogens with one attached hydrogen (secondary N) is 2.